The van der Waals surface area contributed by atoms with Gasteiger partial charge in [0.2, 0.25) is 10.0 Å². The topological polar surface area (TPSA) is 72.5 Å². The molecule has 1 N–H and O–H groups in total. The summed E-state index contributed by atoms with van der Waals surface area (Å²) in [6.45, 7) is 3.66. The highest BCUT2D eigenvalue weighted by Crippen LogP contribution is 2.22. The zero-order valence-electron chi connectivity index (χ0n) is 13.9. The van der Waals surface area contributed by atoms with Gasteiger partial charge in [-0.1, -0.05) is 55.0 Å². The molecule has 2 aromatic carbocycles. The van der Waals surface area contributed by atoms with Gasteiger partial charge in [-0.15, -0.1) is 0 Å². The first-order chi connectivity index (χ1) is 11.3. The molecule has 128 valence electrons. The van der Waals surface area contributed by atoms with Crippen LogP contribution in [0.1, 0.15) is 24.0 Å². The largest absolute Gasteiger partial charge is 0.468 e. The first-order valence-electron chi connectivity index (χ1n) is 7.57. The first-order valence-corrected chi connectivity index (χ1v) is 9.05. The zero-order valence-corrected chi connectivity index (χ0v) is 14.7. The van der Waals surface area contributed by atoms with Crippen LogP contribution in [0.3, 0.4) is 0 Å². The number of nitrogens with one attached hydrogen (secondary N) is 1. The van der Waals surface area contributed by atoms with Crippen LogP contribution in [0.5, 0.6) is 0 Å². The third kappa shape index (κ3) is 4.21. The molecular formula is C18H21NO4S. The van der Waals surface area contributed by atoms with E-state index in [0.29, 0.717) is 0 Å². The van der Waals surface area contributed by atoms with Crippen molar-refractivity contribution in [3.8, 4) is 0 Å². The van der Waals surface area contributed by atoms with Crippen LogP contribution in [-0.2, 0) is 19.6 Å². The molecule has 2 atom stereocenters. The van der Waals surface area contributed by atoms with Crippen LogP contribution in [0.25, 0.3) is 0 Å². The van der Waals surface area contributed by atoms with Gasteiger partial charge in [-0.2, -0.15) is 4.72 Å². The number of rotatable bonds is 6. The summed E-state index contributed by atoms with van der Waals surface area (Å²) < 4.78 is 32.4. The number of carbonyl (C=O) groups excluding carboxylic acids is 1. The average Bonchev–Trinajstić information content (AvgIpc) is 2.59. The van der Waals surface area contributed by atoms with Crippen molar-refractivity contribution < 1.29 is 17.9 Å². The van der Waals surface area contributed by atoms with Crippen molar-refractivity contribution in [2.75, 3.05) is 7.11 Å². The molecule has 0 aliphatic carbocycles. The van der Waals surface area contributed by atoms with Gasteiger partial charge in [0.1, 0.15) is 6.04 Å². The third-order valence-corrected chi connectivity index (χ3v) is 5.35. The van der Waals surface area contributed by atoms with E-state index >= 15 is 0 Å². The van der Waals surface area contributed by atoms with Crippen LogP contribution in [0.4, 0.5) is 0 Å². The molecule has 0 bridgehead atoms. The first kappa shape index (κ1) is 18.2. The summed E-state index contributed by atoms with van der Waals surface area (Å²) in [6.07, 6.45) is 0. The third-order valence-electron chi connectivity index (χ3n) is 3.89. The maximum Gasteiger partial charge on any atom is 0.324 e. The maximum absolute atomic E-state index is 12.6. The van der Waals surface area contributed by atoms with Crippen molar-refractivity contribution in [3.05, 3.63) is 65.7 Å². The predicted octanol–water partition coefficient (Wildman–Crippen LogP) is 2.62. The minimum Gasteiger partial charge on any atom is -0.468 e. The molecule has 0 aromatic heterocycles. The SMILES string of the molecule is COC(=O)[C@@H](NS(=O)(=O)c1ccc(C)cc1)[C@@H](C)c1ccccc1. The number of methoxy groups -OCH3 is 1. The molecule has 24 heavy (non-hydrogen) atoms. The molecule has 0 saturated carbocycles. The fraction of sp³-hybridized carbons (Fsp3) is 0.278. The number of carbonyl (C=O) groups is 1. The summed E-state index contributed by atoms with van der Waals surface area (Å²) in [5, 5.41) is 0. The van der Waals surface area contributed by atoms with Crippen LogP contribution in [0.15, 0.2) is 59.5 Å². The summed E-state index contributed by atoms with van der Waals surface area (Å²) >= 11 is 0. The molecule has 5 nitrogen and oxygen atoms in total. The van der Waals surface area contributed by atoms with Crippen LogP contribution >= 0.6 is 0 Å². The summed E-state index contributed by atoms with van der Waals surface area (Å²) in [5.74, 6) is -0.999. The van der Waals surface area contributed by atoms with E-state index in [4.69, 9.17) is 4.74 Å². The van der Waals surface area contributed by atoms with E-state index in [1.165, 1.54) is 19.2 Å². The second-order valence-electron chi connectivity index (χ2n) is 5.63. The standard InChI is InChI=1S/C18H21NO4S/c1-13-9-11-16(12-10-13)24(21,22)19-17(18(20)23-3)14(2)15-7-5-4-6-8-15/h4-12,14,17,19H,1-3H3/t14-,17-/m0/s1. The van der Waals surface area contributed by atoms with Gasteiger partial charge in [0.25, 0.3) is 0 Å². The lowest BCUT2D eigenvalue weighted by Crippen LogP contribution is -2.44. The molecule has 2 rings (SSSR count). The molecule has 0 aliphatic heterocycles. The molecule has 0 heterocycles. The van der Waals surface area contributed by atoms with E-state index in [1.807, 2.05) is 37.3 Å². The number of hydrogen-bond acceptors (Lipinski definition) is 4. The lowest BCUT2D eigenvalue weighted by Gasteiger charge is -2.23. The molecule has 0 unspecified atom stereocenters. The molecule has 2 aromatic rings. The Morgan fingerprint density at radius 2 is 1.62 bits per heavy atom. The molecule has 0 radical (unpaired) electrons. The van der Waals surface area contributed by atoms with Gasteiger partial charge in [0.05, 0.1) is 12.0 Å². The molecule has 0 amide bonds. The Labute approximate surface area is 142 Å². The van der Waals surface area contributed by atoms with E-state index in [-0.39, 0.29) is 10.8 Å². The van der Waals surface area contributed by atoms with Gasteiger partial charge >= 0.3 is 5.97 Å². The Bertz CT molecular complexity index is 786. The van der Waals surface area contributed by atoms with Crippen molar-refractivity contribution in [2.24, 2.45) is 0 Å². The highest BCUT2D eigenvalue weighted by molar-refractivity contribution is 7.89. The number of sulfonamides is 1. The number of ether oxygens (including phenoxy) is 1. The van der Waals surface area contributed by atoms with E-state index in [1.54, 1.807) is 19.1 Å². The van der Waals surface area contributed by atoms with Gasteiger partial charge in [0.15, 0.2) is 0 Å². The summed E-state index contributed by atoms with van der Waals surface area (Å²) in [4.78, 5) is 12.3. The van der Waals surface area contributed by atoms with Gasteiger partial charge < -0.3 is 4.74 Å². The number of aryl methyl sites for hydroxylation is 1. The van der Waals surface area contributed by atoms with Gasteiger partial charge in [-0.3, -0.25) is 4.79 Å². The van der Waals surface area contributed by atoms with Crippen LogP contribution in [-0.4, -0.2) is 27.5 Å². The second-order valence-corrected chi connectivity index (χ2v) is 7.35. The van der Waals surface area contributed by atoms with Crippen LogP contribution < -0.4 is 4.72 Å². The lowest BCUT2D eigenvalue weighted by molar-refractivity contribution is -0.143. The summed E-state index contributed by atoms with van der Waals surface area (Å²) in [6, 6.07) is 14.7. The molecule has 0 aliphatic rings. The highest BCUT2D eigenvalue weighted by Gasteiger charge is 2.32. The molecule has 0 spiro atoms. The van der Waals surface area contributed by atoms with Crippen molar-refractivity contribution in [1.29, 1.82) is 0 Å². The van der Waals surface area contributed by atoms with Gasteiger partial charge in [0, 0.05) is 5.92 Å². The minimum absolute atomic E-state index is 0.113. The van der Waals surface area contributed by atoms with Gasteiger partial charge in [-0.25, -0.2) is 8.42 Å². The lowest BCUT2D eigenvalue weighted by atomic mass is 9.94. The number of hydrogen-bond donors (Lipinski definition) is 1. The molecule has 0 fully saturated rings. The van der Waals surface area contributed by atoms with E-state index < -0.39 is 22.0 Å². The fourth-order valence-corrected chi connectivity index (χ4v) is 3.65. The quantitative estimate of drug-likeness (QED) is 0.815. The molecular weight excluding hydrogens is 326 g/mol. The van der Waals surface area contributed by atoms with Crippen LogP contribution in [0, 0.1) is 6.92 Å². The average molecular weight is 347 g/mol. The summed E-state index contributed by atoms with van der Waals surface area (Å²) in [5.41, 5.74) is 1.80. The maximum atomic E-state index is 12.6. The smallest absolute Gasteiger partial charge is 0.324 e. The molecule has 0 saturated heterocycles. The van der Waals surface area contributed by atoms with E-state index in [2.05, 4.69) is 4.72 Å². The zero-order chi connectivity index (χ0) is 17.7. The molecule has 6 heteroatoms. The monoisotopic (exact) mass is 347 g/mol. The van der Waals surface area contributed by atoms with Crippen molar-refractivity contribution in [3.63, 3.8) is 0 Å². The Kier molecular flexibility index (Phi) is 5.75. The van der Waals surface area contributed by atoms with E-state index in [9.17, 15) is 13.2 Å². The van der Waals surface area contributed by atoms with Crippen molar-refractivity contribution >= 4 is 16.0 Å². The Morgan fingerprint density at radius 3 is 2.17 bits per heavy atom. The predicted molar refractivity (Wildman–Crippen MR) is 92.2 cm³/mol. The normalized spacial score (nSPS) is 14.0. The number of benzene rings is 2. The van der Waals surface area contributed by atoms with Gasteiger partial charge in [-0.05, 0) is 24.6 Å². The van der Waals surface area contributed by atoms with E-state index in [0.717, 1.165) is 11.1 Å². The minimum atomic E-state index is -3.84. The number of esters is 1. The second kappa shape index (κ2) is 7.59. The Morgan fingerprint density at radius 1 is 1.04 bits per heavy atom. The van der Waals surface area contributed by atoms with Crippen molar-refractivity contribution in [1.82, 2.24) is 4.72 Å². The Balaban J connectivity index is 2.32. The van der Waals surface area contributed by atoms with Crippen molar-refractivity contribution in [2.45, 2.75) is 30.7 Å². The highest BCUT2D eigenvalue weighted by atomic mass is 32.2. The fourth-order valence-electron chi connectivity index (χ4n) is 2.38. The van der Waals surface area contributed by atoms with Crippen LogP contribution in [0.2, 0.25) is 0 Å². The Hall–Kier alpha value is -2.18. The summed E-state index contributed by atoms with van der Waals surface area (Å²) in [7, 11) is -2.59.